The van der Waals surface area contributed by atoms with E-state index in [0.29, 0.717) is 0 Å². The molecule has 1 heterocycles. The molecule has 1 aliphatic rings. The first-order valence-corrected chi connectivity index (χ1v) is 5.43. The number of rotatable bonds is 1. The summed E-state index contributed by atoms with van der Waals surface area (Å²) in [6.45, 7) is 2.06. The van der Waals surface area contributed by atoms with Gasteiger partial charge in [-0.1, -0.05) is 53.9 Å². The fraction of sp³-hybridized carbons (Fsp3) is 0.667. The summed E-state index contributed by atoms with van der Waals surface area (Å²) in [6.07, 6.45) is 5.47. The highest BCUT2D eigenvalue weighted by atomic mass is 80.0. The van der Waals surface area contributed by atoms with Crippen molar-refractivity contribution in [1.82, 2.24) is 4.90 Å². The molecule has 0 amide bonds. The van der Waals surface area contributed by atoms with Gasteiger partial charge in [0.25, 0.3) is 0 Å². The molecule has 0 aromatic rings. The van der Waals surface area contributed by atoms with Crippen LogP contribution in [0, 0.1) is 0 Å². The molecule has 1 aliphatic heterocycles. The van der Waals surface area contributed by atoms with E-state index in [1.54, 1.807) is 0 Å². The fourth-order valence-electron chi connectivity index (χ4n) is 0.901. The molecule has 0 aromatic carbocycles. The molecule has 0 radical (unpaired) electrons. The number of halogens is 3. The lowest BCUT2D eigenvalue weighted by Gasteiger charge is -2.21. The molecule has 10 heavy (non-hydrogen) atoms. The number of hydrogen-bond donors (Lipinski definition) is 0. The molecule has 0 saturated carbocycles. The van der Waals surface area contributed by atoms with Crippen molar-refractivity contribution < 1.29 is 0 Å². The summed E-state index contributed by atoms with van der Waals surface area (Å²) >= 11 is 10.3. The Morgan fingerprint density at radius 3 is 2.50 bits per heavy atom. The minimum absolute atomic E-state index is 0.123. The highest BCUT2D eigenvalue weighted by Crippen LogP contribution is 2.34. The molecule has 0 aliphatic carbocycles. The summed E-state index contributed by atoms with van der Waals surface area (Å²) < 4.78 is -0.123. The summed E-state index contributed by atoms with van der Waals surface area (Å²) in [5.74, 6) is 0. The van der Waals surface area contributed by atoms with Crippen molar-refractivity contribution in [2.75, 3.05) is 13.1 Å². The number of hydrogen-bond acceptors (Lipinski definition) is 1. The van der Waals surface area contributed by atoms with Gasteiger partial charge in [-0.25, -0.2) is 0 Å². The Bertz CT molecular complexity index is 138. The van der Waals surface area contributed by atoms with Gasteiger partial charge >= 0.3 is 0 Å². The van der Waals surface area contributed by atoms with Gasteiger partial charge < -0.3 is 4.90 Å². The maximum atomic E-state index is 3.45. The molecule has 0 spiro atoms. The second-order valence-corrected chi connectivity index (χ2v) is 9.51. The van der Waals surface area contributed by atoms with Crippen LogP contribution in [-0.2, 0) is 0 Å². The van der Waals surface area contributed by atoms with E-state index >= 15 is 0 Å². The van der Waals surface area contributed by atoms with Crippen LogP contribution in [-0.4, -0.2) is 20.1 Å². The van der Waals surface area contributed by atoms with Gasteiger partial charge in [0.1, 0.15) is 0 Å². The average Bonchev–Trinajstić information content (AvgIpc) is 2.12. The van der Waals surface area contributed by atoms with Crippen LogP contribution in [0.4, 0.5) is 0 Å². The van der Waals surface area contributed by atoms with Gasteiger partial charge in [0, 0.05) is 6.54 Å². The van der Waals surface area contributed by atoms with E-state index < -0.39 is 0 Å². The van der Waals surface area contributed by atoms with E-state index in [9.17, 15) is 0 Å². The third kappa shape index (κ3) is 3.39. The van der Waals surface area contributed by atoms with Crippen molar-refractivity contribution in [1.29, 1.82) is 0 Å². The summed E-state index contributed by atoms with van der Waals surface area (Å²) in [7, 11) is 0. The van der Waals surface area contributed by atoms with E-state index in [0.717, 1.165) is 13.1 Å². The van der Waals surface area contributed by atoms with Crippen LogP contribution in [0.1, 0.15) is 6.42 Å². The molecular weight excluding hydrogens is 326 g/mol. The quantitative estimate of drug-likeness (QED) is 0.667. The van der Waals surface area contributed by atoms with Crippen LogP contribution in [0.25, 0.3) is 0 Å². The van der Waals surface area contributed by atoms with Crippen molar-refractivity contribution in [3.05, 3.63) is 12.3 Å². The van der Waals surface area contributed by atoms with E-state index in [1.807, 2.05) is 0 Å². The van der Waals surface area contributed by atoms with E-state index in [1.165, 1.54) is 6.42 Å². The maximum absolute atomic E-state index is 3.45. The summed E-state index contributed by atoms with van der Waals surface area (Å²) in [6, 6.07) is 0. The molecule has 1 nitrogen and oxygen atoms in total. The van der Waals surface area contributed by atoms with E-state index in [2.05, 4.69) is 65.0 Å². The van der Waals surface area contributed by atoms with Crippen LogP contribution in [0.15, 0.2) is 12.3 Å². The zero-order chi connectivity index (χ0) is 7.61. The SMILES string of the molecule is BrC(Br)(Br)CN1C=CCC1. The molecule has 4 heteroatoms. The summed E-state index contributed by atoms with van der Waals surface area (Å²) in [5.41, 5.74) is 0. The molecule has 0 atom stereocenters. The maximum Gasteiger partial charge on any atom is 0.152 e. The Morgan fingerprint density at radius 1 is 1.40 bits per heavy atom. The van der Waals surface area contributed by atoms with Crippen LogP contribution >= 0.6 is 47.8 Å². The standard InChI is InChI=1S/C6H8Br3N/c7-6(8,9)5-10-3-1-2-4-10/h1,3H,2,4-5H2. The minimum Gasteiger partial charge on any atom is -0.374 e. The first-order valence-electron chi connectivity index (χ1n) is 3.05. The van der Waals surface area contributed by atoms with Crippen molar-refractivity contribution in [3.8, 4) is 0 Å². The highest BCUT2D eigenvalue weighted by molar-refractivity contribution is 9.39. The molecule has 0 N–H and O–H groups in total. The third-order valence-corrected chi connectivity index (χ3v) is 2.03. The van der Waals surface area contributed by atoms with Crippen molar-refractivity contribution in [2.45, 2.75) is 8.56 Å². The van der Waals surface area contributed by atoms with Crippen LogP contribution in [0.3, 0.4) is 0 Å². The fourth-order valence-corrected chi connectivity index (χ4v) is 1.87. The Labute approximate surface area is 86.2 Å². The van der Waals surface area contributed by atoms with Gasteiger partial charge in [-0.3, -0.25) is 0 Å². The van der Waals surface area contributed by atoms with Crippen LogP contribution in [0.2, 0.25) is 0 Å². The Hall–Kier alpha value is 0.980. The summed E-state index contributed by atoms with van der Waals surface area (Å²) in [4.78, 5) is 2.25. The zero-order valence-electron chi connectivity index (χ0n) is 5.36. The highest BCUT2D eigenvalue weighted by Gasteiger charge is 2.21. The molecule has 0 unspecified atom stereocenters. The number of nitrogens with zero attached hydrogens (tertiary/aromatic N) is 1. The van der Waals surface area contributed by atoms with Crippen molar-refractivity contribution in [3.63, 3.8) is 0 Å². The number of alkyl halides is 3. The van der Waals surface area contributed by atoms with Crippen LogP contribution < -0.4 is 0 Å². The predicted molar refractivity (Wildman–Crippen MR) is 54.8 cm³/mol. The zero-order valence-corrected chi connectivity index (χ0v) is 10.1. The molecule has 58 valence electrons. The minimum atomic E-state index is -0.123. The topological polar surface area (TPSA) is 3.24 Å². The van der Waals surface area contributed by atoms with Gasteiger partial charge in [-0.05, 0) is 12.6 Å². The Morgan fingerprint density at radius 2 is 2.10 bits per heavy atom. The lowest BCUT2D eigenvalue weighted by molar-refractivity contribution is 0.425. The van der Waals surface area contributed by atoms with Crippen LogP contribution in [0.5, 0.6) is 0 Å². The Kier molecular flexibility index (Phi) is 3.25. The average molecular weight is 334 g/mol. The molecule has 1 rings (SSSR count). The molecular formula is C6H8Br3N. The lowest BCUT2D eigenvalue weighted by atomic mass is 10.5. The van der Waals surface area contributed by atoms with Gasteiger partial charge in [-0.15, -0.1) is 0 Å². The smallest absolute Gasteiger partial charge is 0.152 e. The monoisotopic (exact) mass is 331 g/mol. The van der Waals surface area contributed by atoms with Gasteiger partial charge in [-0.2, -0.15) is 0 Å². The predicted octanol–water partition coefficient (Wildman–Crippen LogP) is 3.04. The molecule has 0 bridgehead atoms. The van der Waals surface area contributed by atoms with E-state index in [-0.39, 0.29) is 2.14 Å². The third-order valence-electron chi connectivity index (χ3n) is 1.28. The largest absolute Gasteiger partial charge is 0.374 e. The second-order valence-electron chi connectivity index (χ2n) is 2.26. The second kappa shape index (κ2) is 3.59. The van der Waals surface area contributed by atoms with Gasteiger partial charge in [0.2, 0.25) is 0 Å². The van der Waals surface area contributed by atoms with Gasteiger partial charge in [0.15, 0.2) is 2.14 Å². The Balaban J connectivity index is 2.31. The van der Waals surface area contributed by atoms with Crippen molar-refractivity contribution in [2.24, 2.45) is 0 Å². The van der Waals surface area contributed by atoms with E-state index in [4.69, 9.17) is 0 Å². The summed E-state index contributed by atoms with van der Waals surface area (Å²) in [5, 5.41) is 0. The lowest BCUT2D eigenvalue weighted by Crippen LogP contribution is -2.25. The molecule has 0 fully saturated rings. The van der Waals surface area contributed by atoms with Crippen molar-refractivity contribution >= 4 is 47.8 Å². The van der Waals surface area contributed by atoms with Gasteiger partial charge in [0.05, 0.1) is 6.54 Å². The first kappa shape index (κ1) is 9.07. The normalized spacial score (nSPS) is 18.5. The first-order chi connectivity index (χ1) is 4.58. The molecule has 0 aromatic heterocycles. The molecule has 0 saturated heterocycles.